The molecule has 2 aromatic rings. The van der Waals surface area contributed by atoms with E-state index < -0.39 is 0 Å². The molecule has 2 rings (SSSR count). The van der Waals surface area contributed by atoms with E-state index in [1.54, 1.807) is 0 Å². The van der Waals surface area contributed by atoms with Crippen LogP contribution in [-0.4, -0.2) is 17.4 Å². The number of anilines is 1. The topological polar surface area (TPSA) is 29.1 Å². The van der Waals surface area contributed by atoms with Crippen molar-refractivity contribution in [3.05, 3.63) is 65.7 Å². The van der Waals surface area contributed by atoms with E-state index in [1.165, 1.54) is 17.5 Å². The van der Waals surface area contributed by atoms with Gasteiger partial charge in [0.05, 0.1) is 5.75 Å². The van der Waals surface area contributed by atoms with Gasteiger partial charge in [0.2, 0.25) is 5.91 Å². The van der Waals surface area contributed by atoms with Gasteiger partial charge in [-0.3, -0.25) is 4.79 Å². The molecule has 4 heteroatoms. The molecule has 0 aromatic heterocycles. The summed E-state index contributed by atoms with van der Waals surface area (Å²) in [6, 6.07) is 18.2. The lowest BCUT2D eigenvalue weighted by molar-refractivity contribution is -0.113. The Bertz CT molecular complexity index is 541. The number of amides is 1. The molecule has 0 fully saturated rings. The summed E-state index contributed by atoms with van der Waals surface area (Å²) in [5, 5.41) is 2.70. The number of hydrogen-bond donors (Lipinski definition) is 3. The van der Waals surface area contributed by atoms with Crippen molar-refractivity contribution in [2.75, 3.05) is 16.8 Å². The van der Waals surface area contributed by atoms with Crippen molar-refractivity contribution >= 4 is 36.9 Å². The zero-order valence-corrected chi connectivity index (χ0v) is 14.6. The Balaban J connectivity index is 0.000000224. The Morgan fingerprint density at radius 2 is 1.64 bits per heavy atom. The van der Waals surface area contributed by atoms with Gasteiger partial charge in [0.15, 0.2) is 0 Å². The maximum Gasteiger partial charge on any atom is 0.234 e. The van der Waals surface area contributed by atoms with E-state index in [0.717, 1.165) is 17.9 Å². The van der Waals surface area contributed by atoms with Gasteiger partial charge in [0.25, 0.3) is 0 Å². The van der Waals surface area contributed by atoms with Gasteiger partial charge in [-0.2, -0.15) is 25.3 Å². The molecule has 1 N–H and O–H groups in total. The molecule has 0 aliphatic heterocycles. The van der Waals surface area contributed by atoms with Crippen LogP contribution in [0.1, 0.15) is 17.5 Å². The SMILES string of the molecule is Cc1ccc(NC(=O)CS)cc1.SCCCc1ccccc1. The molecule has 0 unspecified atom stereocenters. The first-order valence-corrected chi connectivity index (χ1v) is 8.54. The molecule has 0 saturated carbocycles. The van der Waals surface area contributed by atoms with Gasteiger partial charge in [0.1, 0.15) is 0 Å². The lowest BCUT2D eigenvalue weighted by Gasteiger charge is -2.02. The van der Waals surface area contributed by atoms with Crippen LogP contribution in [0.15, 0.2) is 54.6 Å². The van der Waals surface area contributed by atoms with E-state index >= 15 is 0 Å². The molecule has 2 aromatic carbocycles. The summed E-state index contributed by atoms with van der Waals surface area (Å²) in [7, 11) is 0. The number of carbonyl (C=O) groups excluding carboxylic acids is 1. The standard InChI is InChI=1S/C9H11NOS.C9H12S/c1-7-2-4-8(5-3-7)10-9(11)6-12;10-8-4-7-9-5-2-1-3-6-9/h2-5,12H,6H2,1H3,(H,10,11);1-3,5-6,10H,4,7-8H2. The van der Waals surface area contributed by atoms with E-state index in [4.69, 9.17) is 0 Å². The molecular weight excluding hydrogens is 310 g/mol. The molecule has 0 saturated heterocycles. The van der Waals surface area contributed by atoms with Gasteiger partial charge in [-0.1, -0.05) is 48.0 Å². The maximum absolute atomic E-state index is 10.9. The van der Waals surface area contributed by atoms with E-state index in [1.807, 2.05) is 37.3 Å². The van der Waals surface area contributed by atoms with Crippen LogP contribution in [0.4, 0.5) is 5.69 Å². The summed E-state index contributed by atoms with van der Waals surface area (Å²) < 4.78 is 0. The predicted octanol–water partition coefficient (Wildman–Crippen LogP) is 4.41. The largest absolute Gasteiger partial charge is 0.325 e. The summed E-state index contributed by atoms with van der Waals surface area (Å²) in [6.45, 7) is 2.00. The van der Waals surface area contributed by atoms with E-state index in [0.29, 0.717) is 0 Å². The third-order valence-corrected chi connectivity index (χ3v) is 3.55. The minimum atomic E-state index is -0.0813. The van der Waals surface area contributed by atoms with Crippen molar-refractivity contribution in [1.82, 2.24) is 0 Å². The van der Waals surface area contributed by atoms with Gasteiger partial charge >= 0.3 is 0 Å². The zero-order chi connectivity index (χ0) is 16.2. The Kier molecular flexibility index (Phi) is 9.51. The molecule has 1 amide bonds. The number of carbonyl (C=O) groups is 1. The number of benzene rings is 2. The second kappa shape index (κ2) is 11.2. The van der Waals surface area contributed by atoms with Crippen molar-refractivity contribution in [1.29, 1.82) is 0 Å². The van der Waals surface area contributed by atoms with Gasteiger partial charge in [0, 0.05) is 5.69 Å². The molecule has 0 bridgehead atoms. The summed E-state index contributed by atoms with van der Waals surface area (Å²) in [4.78, 5) is 10.9. The smallest absolute Gasteiger partial charge is 0.234 e. The molecular formula is C18H23NOS2. The third-order valence-electron chi connectivity index (χ3n) is 2.95. The average Bonchev–Trinajstić information content (AvgIpc) is 2.56. The van der Waals surface area contributed by atoms with Crippen LogP contribution in [0.5, 0.6) is 0 Å². The molecule has 0 spiro atoms. The first-order valence-electron chi connectivity index (χ1n) is 7.28. The van der Waals surface area contributed by atoms with Crippen LogP contribution in [-0.2, 0) is 11.2 Å². The number of rotatable bonds is 5. The zero-order valence-electron chi connectivity index (χ0n) is 12.8. The highest BCUT2D eigenvalue weighted by atomic mass is 32.1. The van der Waals surface area contributed by atoms with Crippen molar-refractivity contribution in [3.8, 4) is 0 Å². The van der Waals surface area contributed by atoms with Crippen molar-refractivity contribution in [2.45, 2.75) is 19.8 Å². The van der Waals surface area contributed by atoms with Gasteiger partial charge in [-0.15, -0.1) is 0 Å². The average molecular weight is 334 g/mol. The van der Waals surface area contributed by atoms with Gasteiger partial charge in [-0.05, 0) is 43.2 Å². The molecule has 0 aliphatic rings. The molecule has 0 radical (unpaired) electrons. The fourth-order valence-corrected chi connectivity index (χ4v) is 2.00. The summed E-state index contributed by atoms with van der Waals surface area (Å²) in [5.74, 6) is 1.12. The molecule has 0 atom stereocenters. The van der Waals surface area contributed by atoms with Crippen LogP contribution < -0.4 is 5.32 Å². The number of aryl methyl sites for hydroxylation is 2. The van der Waals surface area contributed by atoms with E-state index in [9.17, 15) is 4.79 Å². The van der Waals surface area contributed by atoms with Crippen LogP contribution in [0, 0.1) is 6.92 Å². The Morgan fingerprint density at radius 1 is 1.00 bits per heavy atom. The van der Waals surface area contributed by atoms with Crippen LogP contribution in [0.2, 0.25) is 0 Å². The maximum atomic E-state index is 10.9. The van der Waals surface area contributed by atoms with E-state index in [2.05, 4.69) is 54.8 Å². The summed E-state index contributed by atoms with van der Waals surface area (Å²) in [6.07, 6.45) is 2.33. The highest BCUT2D eigenvalue weighted by Crippen LogP contribution is 2.08. The first-order chi connectivity index (χ1) is 10.7. The number of hydrogen-bond acceptors (Lipinski definition) is 3. The van der Waals surface area contributed by atoms with Crippen LogP contribution >= 0.6 is 25.3 Å². The van der Waals surface area contributed by atoms with Crippen LogP contribution in [0.3, 0.4) is 0 Å². The highest BCUT2D eigenvalue weighted by Gasteiger charge is 1.97. The monoisotopic (exact) mass is 333 g/mol. The lowest BCUT2D eigenvalue weighted by Crippen LogP contribution is -2.12. The summed E-state index contributed by atoms with van der Waals surface area (Å²) >= 11 is 8.00. The molecule has 0 aliphatic carbocycles. The van der Waals surface area contributed by atoms with Crippen LogP contribution in [0.25, 0.3) is 0 Å². The molecule has 22 heavy (non-hydrogen) atoms. The molecule has 0 heterocycles. The number of thiol groups is 2. The Hall–Kier alpha value is -1.39. The van der Waals surface area contributed by atoms with Crippen molar-refractivity contribution in [3.63, 3.8) is 0 Å². The van der Waals surface area contributed by atoms with Gasteiger partial charge in [-0.25, -0.2) is 0 Å². The minimum absolute atomic E-state index is 0.0813. The second-order valence-corrected chi connectivity index (χ2v) is 5.65. The normalized spacial score (nSPS) is 9.59. The quantitative estimate of drug-likeness (QED) is 0.695. The predicted molar refractivity (Wildman–Crippen MR) is 102 cm³/mol. The molecule has 2 nitrogen and oxygen atoms in total. The fraction of sp³-hybridized carbons (Fsp3) is 0.278. The third kappa shape index (κ3) is 8.15. The Labute approximate surface area is 144 Å². The van der Waals surface area contributed by atoms with Crippen molar-refractivity contribution in [2.24, 2.45) is 0 Å². The minimum Gasteiger partial charge on any atom is -0.325 e. The second-order valence-electron chi connectivity index (χ2n) is 4.89. The van der Waals surface area contributed by atoms with Gasteiger partial charge < -0.3 is 5.32 Å². The molecule has 118 valence electrons. The summed E-state index contributed by atoms with van der Waals surface area (Å²) in [5.41, 5.74) is 3.41. The van der Waals surface area contributed by atoms with E-state index in [-0.39, 0.29) is 11.7 Å². The fourth-order valence-electron chi connectivity index (χ4n) is 1.77. The first kappa shape index (κ1) is 18.7. The van der Waals surface area contributed by atoms with Crippen molar-refractivity contribution < 1.29 is 4.79 Å². The lowest BCUT2D eigenvalue weighted by atomic mass is 10.1. The highest BCUT2D eigenvalue weighted by molar-refractivity contribution is 7.81. The Morgan fingerprint density at radius 3 is 2.18 bits per heavy atom. The number of nitrogens with one attached hydrogen (secondary N) is 1.